The first-order valence-corrected chi connectivity index (χ1v) is 7.78. The number of hydrazine groups is 1. The van der Waals surface area contributed by atoms with Gasteiger partial charge < -0.3 is 10.8 Å². The molecule has 1 heterocycles. The van der Waals surface area contributed by atoms with Crippen LogP contribution < -0.4 is 11.2 Å². The zero-order valence-corrected chi connectivity index (χ0v) is 14.7. The van der Waals surface area contributed by atoms with E-state index in [0.717, 1.165) is 11.1 Å². The summed E-state index contributed by atoms with van der Waals surface area (Å²) in [5, 5.41) is 19.2. The van der Waals surface area contributed by atoms with E-state index in [1.54, 1.807) is 51.1 Å². The fourth-order valence-corrected chi connectivity index (χ4v) is 2.16. The number of allylic oxidation sites excluding steroid dienone is 1. The number of carbonyl (C=O) groups is 3. The van der Waals surface area contributed by atoms with Gasteiger partial charge in [0.2, 0.25) is 0 Å². The maximum Gasteiger partial charge on any atom is 0.270 e. The molecule has 0 unspecified atom stereocenters. The van der Waals surface area contributed by atoms with Crippen LogP contribution in [0.3, 0.4) is 0 Å². The summed E-state index contributed by atoms with van der Waals surface area (Å²) in [6.07, 6.45) is 1.07. The number of nitrogens with two attached hydrogens (primary N) is 1. The lowest BCUT2D eigenvalue weighted by molar-refractivity contribution is -0.121. The number of amides is 2. The van der Waals surface area contributed by atoms with Crippen molar-refractivity contribution in [2.45, 2.75) is 20.8 Å². The second kappa shape index (κ2) is 6.83. The van der Waals surface area contributed by atoms with Gasteiger partial charge in [-0.1, -0.05) is 39.0 Å². The van der Waals surface area contributed by atoms with Crippen LogP contribution in [0.25, 0.3) is 0 Å². The maximum atomic E-state index is 12.4. The van der Waals surface area contributed by atoms with E-state index in [-0.39, 0.29) is 11.5 Å². The summed E-state index contributed by atoms with van der Waals surface area (Å²) in [5.74, 6) is -3.14. The number of hydrogen-bond donors (Lipinski definition) is 4. The van der Waals surface area contributed by atoms with Gasteiger partial charge in [0.15, 0.2) is 17.4 Å². The van der Waals surface area contributed by atoms with E-state index < -0.39 is 34.4 Å². The molecule has 2 amide bonds. The van der Waals surface area contributed by atoms with Gasteiger partial charge in [0.1, 0.15) is 11.3 Å². The number of nitrogens with zero attached hydrogens (tertiary/aromatic N) is 1. The van der Waals surface area contributed by atoms with Crippen LogP contribution in [-0.4, -0.2) is 33.5 Å². The van der Waals surface area contributed by atoms with Gasteiger partial charge >= 0.3 is 0 Å². The molecule has 0 radical (unpaired) electrons. The minimum atomic E-state index is -1.04. The molecule has 0 atom stereocenters. The van der Waals surface area contributed by atoms with Crippen LogP contribution in [0, 0.1) is 10.8 Å². The van der Waals surface area contributed by atoms with Crippen LogP contribution in [0.1, 0.15) is 31.1 Å². The number of benzene rings is 1. The van der Waals surface area contributed by atoms with Crippen molar-refractivity contribution in [3.8, 4) is 0 Å². The first-order chi connectivity index (χ1) is 12.0. The largest absolute Gasteiger partial charge is 0.505 e. The second-order valence-electron chi connectivity index (χ2n) is 6.72. The number of rotatable bonds is 4. The van der Waals surface area contributed by atoms with E-state index in [1.807, 2.05) is 0 Å². The van der Waals surface area contributed by atoms with Gasteiger partial charge in [0, 0.05) is 17.1 Å². The number of ketones is 1. The first kappa shape index (κ1) is 18.9. The average Bonchev–Trinajstić information content (AvgIpc) is 2.78. The first-order valence-electron chi connectivity index (χ1n) is 7.78. The van der Waals surface area contributed by atoms with Gasteiger partial charge in [-0.2, -0.15) is 0 Å². The molecule has 1 aromatic rings. The molecule has 1 aliphatic rings. The monoisotopic (exact) mass is 356 g/mol. The Morgan fingerprint density at radius 3 is 2.27 bits per heavy atom. The molecule has 136 valence electrons. The summed E-state index contributed by atoms with van der Waals surface area (Å²) in [6, 6.07) is 8.17. The molecule has 8 heteroatoms. The van der Waals surface area contributed by atoms with Crippen LogP contribution in [0.5, 0.6) is 0 Å². The summed E-state index contributed by atoms with van der Waals surface area (Å²) in [7, 11) is 0. The van der Waals surface area contributed by atoms with Gasteiger partial charge in [-0.05, 0) is 12.1 Å². The third-order valence-electron chi connectivity index (χ3n) is 3.68. The Labute approximate surface area is 150 Å². The molecule has 0 aromatic heterocycles. The fourth-order valence-electron chi connectivity index (χ4n) is 2.16. The molecule has 0 bridgehead atoms. The average molecular weight is 356 g/mol. The number of amidine groups is 1. The second-order valence-corrected chi connectivity index (χ2v) is 6.72. The minimum absolute atomic E-state index is 0.187. The van der Waals surface area contributed by atoms with Crippen molar-refractivity contribution in [2.24, 2.45) is 11.1 Å². The van der Waals surface area contributed by atoms with Gasteiger partial charge in [-0.15, -0.1) is 0 Å². The number of carbonyl (C=O) groups excluding carboxylic acids is 3. The van der Waals surface area contributed by atoms with Crippen molar-refractivity contribution in [1.29, 1.82) is 5.41 Å². The highest BCUT2D eigenvalue weighted by Crippen LogP contribution is 2.28. The lowest BCUT2D eigenvalue weighted by atomic mass is 9.90. The highest BCUT2D eigenvalue weighted by atomic mass is 16.3. The molecule has 0 aliphatic carbocycles. The molecule has 26 heavy (non-hydrogen) atoms. The third-order valence-corrected chi connectivity index (χ3v) is 3.68. The Morgan fingerprint density at radius 1 is 1.19 bits per heavy atom. The van der Waals surface area contributed by atoms with Crippen molar-refractivity contribution < 1.29 is 19.5 Å². The quantitative estimate of drug-likeness (QED) is 0.605. The Bertz CT molecular complexity index is 848. The summed E-state index contributed by atoms with van der Waals surface area (Å²) >= 11 is 0. The highest BCUT2D eigenvalue weighted by molar-refractivity contribution is 6.23. The lowest BCUT2D eigenvalue weighted by Gasteiger charge is -2.22. The smallest absolute Gasteiger partial charge is 0.270 e. The predicted molar refractivity (Wildman–Crippen MR) is 94.9 cm³/mol. The van der Waals surface area contributed by atoms with Crippen LogP contribution in [0.15, 0.2) is 53.4 Å². The number of aliphatic hydroxyl groups excluding tert-OH is 1. The molecule has 1 aromatic carbocycles. The summed E-state index contributed by atoms with van der Waals surface area (Å²) in [6.45, 7) is 5.03. The van der Waals surface area contributed by atoms with E-state index in [9.17, 15) is 19.5 Å². The van der Waals surface area contributed by atoms with E-state index in [2.05, 4.69) is 5.43 Å². The molecule has 0 spiro atoms. The standard InChI is InChI=1S/C18H20N4O4/c1-18(2,3)12(23)9-11-14(24)13(16(20)25)15(19)22(11)21-17(26)10-7-5-4-6-8-10/h4-9,19,24H,1-3H3,(H2,20,25)(H,21,26). The topological polar surface area (TPSA) is 137 Å². The minimum Gasteiger partial charge on any atom is -0.505 e. The Hall–Kier alpha value is -3.42. The zero-order valence-electron chi connectivity index (χ0n) is 14.7. The van der Waals surface area contributed by atoms with Gasteiger partial charge in [0.05, 0.1) is 0 Å². The number of aliphatic hydroxyl groups is 1. The van der Waals surface area contributed by atoms with Crippen molar-refractivity contribution in [3.05, 3.63) is 59.0 Å². The highest BCUT2D eigenvalue weighted by Gasteiger charge is 2.38. The molecule has 1 aliphatic heterocycles. The van der Waals surface area contributed by atoms with Crippen molar-refractivity contribution in [1.82, 2.24) is 10.4 Å². The normalized spacial score (nSPS) is 16.2. The summed E-state index contributed by atoms with van der Waals surface area (Å²) < 4.78 is 0. The molecular weight excluding hydrogens is 336 g/mol. The SMILES string of the molecule is CC(C)(C)C(=O)C=C1C(O)=C(C(N)=O)C(=N)N1NC(=O)c1ccccc1. The van der Waals surface area contributed by atoms with Crippen LogP contribution in [-0.2, 0) is 9.59 Å². The number of nitrogens with one attached hydrogen (secondary N) is 2. The molecule has 0 saturated heterocycles. The maximum absolute atomic E-state index is 12.4. The van der Waals surface area contributed by atoms with Crippen LogP contribution in [0.2, 0.25) is 0 Å². The van der Waals surface area contributed by atoms with Gasteiger partial charge in [0.25, 0.3) is 11.8 Å². The molecule has 0 saturated carbocycles. The Kier molecular flexibility index (Phi) is 4.97. The van der Waals surface area contributed by atoms with E-state index in [4.69, 9.17) is 11.1 Å². The van der Waals surface area contributed by atoms with E-state index in [1.165, 1.54) is 0 Å². The zero-order chi connectivity index (χ0) is 19.6. The van der Waals surface area contributed by atoms with E-state index >= 15 is 0 Å². The fraction of sp³-hybridized carbons (Fsp3) is 0.222. The molecular formula is C18H20N4O4. The molecule has 0 fully saturated rings. The molecule has 8 nitrogen and oxygen atoms in total. The van der Waals surface area contributed by atoms with Crippen molar-refractivity contribution in [3.63, 3.8) is 0 Å². The number of hydrogen-bond acceptors (Lipinski definition) is 5. The third kappa shape index (κ3) is 3.64. The predicted octanol–water partition coefficient (Wildman–Crippen LogP) is 1.42. The number of primary amides is 1. The Morgan fingerprint density at radius 2 is 1.77 bits per heavy atom. The molecule has 5 N–H and O–H groups in total. The lowest BCUT2D eigenvalue weighted by Crippen LogP contribution is -2.44. The van der Waals surface area contributed by atoms with Crippen LogP contribution in [0.4, 0.5) is 0 Å². The summed E-state index contributed by atoms with van der Waals surface area (Å²) in [4.78, 5) is 36.3. The van der Waals surface area contributed by atoms with Crippen molar-refractivity contribution >= 4 is 23.4 Å². The van der Waals surface area contributed by atoms with E-state index in [0.29, 0.717) is 5.56 Å². The van der Waals surface area contributed by atoms with Crippen molar-refractivity contribution in [2.75, 3.05) is 0 Å². The van der Waals surface area contributed by atoms with Crippen LogP contribution >= 0.6 is 0 Å². The Balaban J connectivity index is 2.44. The summed E-state index contributed by atoms with van der Waals surface area (Å²) in [5.41, 5.74) is 6.49. The molecule has 2 rings (SSSR count). The van der Waals surface area contributed by atoms with Gasteiger partial charge in [-0.3, -0.25) is 25.2 Å². The van der Waals surface area contributed by atoms with Gasteiger partial charge in [-0.25, -0.2) is 5.01 Å².